The van der Waals surface area contributed by atoms with Gasteiger partial charge in [0.15, 0.2) is 12.0 Å². The van der Waals surface area contributed by atoms with Gasteiger partial charge in [-0.3, -0.25) is 10.1 Å². The van der Waals surface area contributed by atoms with E-state index in [0.29, 0.717) is 6.29 Å². The van der Waals surface area contributed by atoms with Gasteiger partial charge in [0, 0.05) is 5.54 Å². The standard InChI is InChI=1S/C17H28N4O5/c1-10(2)21-13(25-15(24)19-16(3,4)5)12(11(9-22)20-21)18-14(23)26-17(6,7)8/h9-10H,1-8H3,(H,18,23)(H,19,24). The molecule has 2 N–H and O–H groups in total. The van der Waals surface area contributed by atoms with Crippen molar-refractivity contribution in [2.75, 3.05) is 5.32 Å². The Bertz CT molecular complexity index is 681. The number of nitrogens with zero attached hydrogens (tertiary/aromatic N) is 2. The molecule has 1 aromatic rings. The molecule has 146 valence electrons. The molecule has 0 aliphatic rings. The molecule has 2 amide bonds. The Hall–Kier alpha value is -2.58. The smallest absolute Gasteiger partial charge is 0.414 e. The summed E-state index contributed by atoms with van der Waals surface area (Å²) in [6.45, 7) is 14.1. The summed E-state index contributed by atoms with van der Waals surface area (Å²) >= 11 is 0. The molecule has 0 spiro atoms. The van der Waals surface area contributed by atoms with Crippen LogP contribution in [0.1, 0.15) is 71.9 Å². The predicted molar refractivity (Wildman–Crippen MR) is 96.8 cm³/mol. The highest BCUT2D eigenvalue weighted by Gasteiger charge is 2.27. The summed E-state index contributed by atoms with van der Waals surface area (Å²) in [5.74, 6) is -0.0466. The van der Waals surface area contributed by atoms with Gasteiger partial charge in [-0.05, 0) is 55.4 Å². The first kappa shape index (κ1) is 21.5. The largest absolute Gasteiger partial charge is 0.444 e. The minimum atomic E-state index is -0.787. The molecule has 0 saturated heterocycles. The number of carbonyl (C=O) groups is 3. The Morgan fingerprint density at radius 1 is 1.12 bits per heavy atom. The number of hydrogen-bond donors (Lipinski definition) is 2. The van der Waals surface area contributed by atoms with E-state index >= 15 is 0 Å². The SMILES string of the molecule is CC(C)n1nc(C=O)c(NC(=O)OC(C)(C)C)c1OC(=O)NC(C)(C)C. The molecule has 0 unspecified atom stereocenters. The van der Waals surface area contributed by atoms with Crippen LogP contribution in [0, 0.1) is 0 Å². The number of aldehydes is 1. The zero-order chi connectivity index (χ0) is 20.3. The summed E-state index contributed by atoms with van der Waals surface area (Å²) in [7, 11) is 0. The van der Waals surface area contributed by atoms with Crippen molar-refractivity contribution < 1.29 is 23.9 Å². The minimum absolute atomic E-state index is 0.0213. The summed E-state index contributed by atoms with van der Waals surface area (Å²) < 4.78 is 11.9. The van der Waals surface area contributed by atoms with Gasteiger partial charge in [0.2, 0.25) is 5.88 Å². The first-order chi connectivity index (χ1) is 11.7. The lowest BCUT2D eigenvalue weighted by Gasteiger charge is -2.21. The lowest BCUT2D eigenvalue weighted by Crippen LogP contribution is -2.42. The molecule has 0 aliphatic carbocycles. The lowest BCUT2D eigenvalue weighted by atomic mass is 10.1. The third-order valence-electron chi connectivity index (χ3n) is 2.79. The fourth-order valence-electron chi connectivity index (χ4n) is 1.91. The summed E-state index contributed by atoms with van der Waals surface area (Å²) in [6.07, 6.45) is -1.05. The van der Waals surface area contributed by atoms with E-state index in [1.165, 1.54) is 4.68 Å². The Balaban J connectivity index is 3.23. The number of hydrogen-bond acceptors (Lipinski definition) is 6. The van der Waals surface area contributed by atoms with Gasteiger partial charge in [-0.1, -0.05) is 0 Å². The molecular formula is C17H28N4O5. The monoisotopic (exact) mass is 368 g/mol. The average Bonchev–Trinajstić information content (AvgIpc) is 2.72. The molecular weight excluding hydrogens is 340 g/mol. The predicted octanol–water partition coefficient (Wildman–Crippen LogP) is 3.51. The highest BCUT2D eigenvalue weighted by molar-refractivity contribution is 5.94. The van der Waals surface area contributed by atoms with E-state index in [-0.39, 0.29) is 23.3 Å². The van der Waals surface area contributed by atoms with Gasteiger partial charge < -0.3 is 14.8 Å². The summed E-state index contributed by atoms with van der Waals surface area (Å²) in [5.41, 5.74) is -1.34. The molecule has 0 aromatic carbocycles. The molecule has 1 rings (SSSR count). The van der Waals surface area contributed by atoms with Crippen molar-refractivity contribution >= 4 is 24.2 Å². The summed E-state index contributed by atoms with van der Waals surface area (Å²) in [4.78, 5) is 35.6. The van der Waals surface area contributed by atoms with Gasteiger partial charge in [0.1, 0.15) is 11.3 Å². The van der Waals surface area contributed by atoms with Gasteiger partial charge in [0.05, 0.1) is 6.04 Å². The van der Waals surface area contributed by atoms with Gasteiger partial charge >= 0.3 is 12.2 Å². The normalized spacial score (nSPS) is 11.9. The molecule has 9 heteroatoms. The third kappa shape index (κ3) is 6.38. The van der Waals surface area contributed by atoms with E-state index in [9.17, 15) is 14.4 Å². The molecule has 26 heavy (non-hydrogen) atoms. The zero-order valence-corrected chi connectivity index (χ0v) is 16.6. The van der Waals surface area contributed by atoms with Gasteiger partial charge in [0.25, 0.3) is 0 Å². The number of nitrogens with one attached hydrogen (secondary N) is 2. The van der Waals surface area contributed by atoms with E-state index in [1.54, 1.807) is 55.4 Å². The quantitative estimate of drug-likeness (QED) is 0.787. The van der Waals surface area contributed by atoms with Crippen LogP contribution in [0.25, 0.3) is 0 Å². The van der Waals surface area contributed by atoms with Crippen molar-refractivity contribution in [2.24, 2.45) is 0 Å². The second kappa shape index (κ2) is 7.76. The average molecular weight is 368 g/mol. The minimum Gasteiger partial charge on any atom is -0.444 e. The van der Waals surface area contributed by atoms with Crippen LogP contribution in [0.2, 0.25) is 0 Å². The maximum absolute atomic E-state index is 12.2. The summed E-state index contributed by atoms with van der Waals surface area (Å²) in [5, 5.41) is 9.20. The van der Waals surface area contributed by atoms with Gasteiger partial charge in [-0.25, -0.2) is 14.3 Å². The van der Waals surface area contributed by atoms with Gasteiger partial charge in [-0.2, -0.15) is 5.10 Å². The van der Waals surface area contributed by atoms with E-state index in [1.807, 2.05) is 0 Å². The fraction of sp³-hybridized carbons (Fsp3) is 0.647. The van der Waals surface area contributed by atoms with Crippen LogP contribution in [0.4, 0.5) is 15.3 Å². The van der Waals surface area contributed by atoms with Crippen LogP contribution in [0.15, 0.2) is 0 Å². The zero-order valence-electron chi connectivity index (χ0n) is 16.6. The maximum atomic E-state index is 12.2. The second-order valence-corrected chi connectivity index (χ2v) is 8.11. The lowest BCUT2D eigenvalue weighted by molar-refractivity contribution is 0.0635. The van der Waals surface area contributed by atoms with Crippen LogP contribution in [0.5, 0.6) is 5.88 Å². The molecule has 0 aliphatic heterocycles. The third-order valence-corrected chi connectivity index (χ3v) is 2.79. The Labute approximate surface area is 153 Å². The molecule has 0 radical (unpaired) electrons. The summed E-state index contributed by atoms with van der Waals surface area (Å²) in [6, 6.07) is -0.222. The fourth-order valence-corrected chi connectivity index (χ4v) is 1.91. The Morgan fingerprint density at radius 3 is 2.12 bits per heavy atom. The number of aromatic nitrogens is 2. The Morgan fingerprint density at radius 2 is 1.69 bits per heavy atom. The van der Waals surface area contributed by atoms with Gasteiger partial charge in [-0.15, -0.1) is 0 Å². The number of carbonyl (C=O) groups excluding carboxylic acids is 3. The van der Waals surface area contributed by atoms with E-state index < -0.39 is 23.3 Å². The first-order valence-electron chi connectivity index (χ1n) is 8.31. The maximum Gasteiger partial charge on any atom is 0.414 e. The van der Waals surface area contributed by atoms with E-state index in [4.69, 9.17) is 9.47 Å². The van der Waals surface area contributed by atoms with Crippen LogP contribution in [-0.4, -0.2) is 39.4 Å². The number of anilines is 1. The van der Waals surface area contributed by atoms with Crippen molar-refractivity contribution in [3.05, 3.63) is 5.69 Å². The first-order valence-corrected chi connectivity index (χ1v) is 8.31. The van der Waals surface area contributed by atoms with E-state index in [0.717, 1.165) is 0 Å². The topological polar surface area (TPSA) is 112 Å². The van der Waals surface area contributed by atoms with Crippen molar-refractivity contribution in [1.29, 1.82) is 0 Å². The number of rotatable bonds is 4. The van der Waals surface area contributed by atoms with Crippen molar-refractivity contribution in [3.8, 4) is 5.88 Å². The number of amides is 2. The van der Waals surface area contributed by atoms with Crippen LogP contribution in [-0.2, 0) is 4.74 Å². The highest BCUT2D eigenvalue weighted by atomic mass is 16.6. The van der Waals surface area contributed by atoms with Crippen LogP contribution < -0.4 is 15.4 Å². The molecule has 1 aromatic heterocycles. The number of ether oxygens (including phenoxy) is 2. The molecule has 0 fully saturated rings. The van der Waals surface area contributed by atoms with Crippen LogP contribution >= 0.6 is 0 Å². The molecule has 9 nitrogen and oxygen atoms in total. The van der Waals surface area contributed by atoms with Crippen LogP contribution in [0.3, 0.4) is 0 Å². The van der Waals surface area contributed by atoms with Crippen molar-refractivity contribution in [2.45, 2.75) is 72.6 Å². The highest BCUT2D eigenvalue weighted by Crippen LogP contribution is 2.31. The van der Waals surface area contributed by atoms with Crippen molar-refractivity contribution in [3.63, 3.8) is 0 Å². The van der Waals surface area contributed by atoms with E-state index in [2.05, 4.69) is 15.7 Å². The molecule has 0 atom stereocenters. The van der Waals surface area contributed by atoms with Crippen molar-refractivity contribution in [1.82, 2.24) is 15.1 Å². The molecule has 0 bridgehead atoms. The molecule has 1 heterocycles. The Kier molecular flexibility index (Phi) is 6.40. The molecule has 0 saturated carbocycles. The second-order valence-electron chi connectivity index (χ2n) is 8.11.